The van der Waals surface area contributed by atoms with Crippen molar-refractivity contribution in [2.24, 2.45) is 0 Å². The summed E-state index contributed by atoms with van der Waals surface area (Å²) in [6, 6.07) is 25.0. The molecule has 2 heterocycles. The van der Waals surface area contributed by atoms with Gasteiger partial charge in [0, 0.05) is 23.6 Å². The fourth-order valence-electron chi connectivity index (χ4n) is 4.46. The highest BCUT2D eigenvalue weighted by Gasteiger charge is 2.49. The summed E-state index contributed by atoms with van der Waals surface area (Å²) in [5.74, 6) is -0.950. The fourth-order valence-corrected chi connectivity index (χ4v) is 4.46. The quantitative estimate of drug-likeness (QED) is 0.177. The largest absolute Gasteiger partial charge is 0.483 e. The highest BCUT2D eigenvalue weighted by Crippen LogP contribution is 2.46. The number of fused-ring (bicyclic) bond motifs is 3. The van der Waals surface area contributed by atoms with Crippen molar-refractivity contribution in [2.45, 2.75) is 31.7 Å². The number of esters is 2. The molecule has 7 heteroatoms. The zero-order valence-electron chi connectivity index (χ0n) is 21.4. The predicted octanol–water partition coefficient (Wildman–Crippen LogP) is 5.89. The predicted molar refractivity (Wildman–Crippen MR) is 147 cm³/mol. The first-order valence-corrected chi connectivity index (χ1v) is 12.4. The van der Waals surface area contributed by atoms with E-state index < -0.39 is 35.4 Å². The minimum Gasteiger partial charge on any atom is -0.483 e. The summed E-state index contributed by atoms with van der Waals surface area (Å²) in [5, 5.41) is 0.603. The molecule has 4 aromatic rings. The highest BCUT2D eigenvalue weighted by atomic mass is 16.6. The van der Waals surface area contributed by atoms with Gasteiger partial charge in [0.15, 0.2) is 12.2 Å². The first-order valence-electron chi connectivity index (χ1n) is 12.4. The molecule has 0 bridgehead atoms. The molecule has 0 spiro atoms. The Hall–Kier alpha value is -4.91. The second-order valence-electron chi connectivity index (χ2n) is 9.56. The van der Waals surface area contributed by atoms with Crippen LogP contribution in [0.1, 0.15) is 36.6 Å². The Balaban J connectivity index is 1.53. The lowest BCUT2D eigenvalue weighted by Gasteiger charge is -2.43. The first kappa shape index (κ1) is 25.7. The minimum atomic E-state index is -1.13. The third-order valence-corrected chi connectivity index (χ3v) is 6.31. The van der Waals surface area contributed by atoms with Gasteiger partial charge in [-0.25, -0.2) is 14.4 Å². The second-order valence-corrected chi connectivity index (χ2v) is 9.56. The Kier molecular flexibility index (Phi) is 7.14. The van der Waals surface area contributed by atoms with Gasteiger partial charge in [-0.15, -0.1) is 0 Å². The zero-order valence-corrected chi connectivity index (χ0v) is 21.4. The van der Waals surface area contributed by atoms with Gasteiger partial charge in [0.1, 0.15) is 16.9 Å². The van der Waals surface area contributed by atoms with Gasteiger partial charge < -0.3 is 18.6 Å². The summed E-state index contributed by atoms with van der Waals surface area (Å²) in [4.78, 5) is 38.1. The lowest BCUT2D eigenvalue weighted by Crippen LogP contribution is -2.52. The van der Waals surface area contributed by atoms with Crippen molar-refractivity contribution < 1.29 is 28.2 Å². The van der Waals surface area contributed by atoms with E-state index in [1.165, 1.54) is 18.2 Å². The van der Waals surface area contributed by atoms with Crippen LogP contribution in [0.2, 0.25) is 0 Å². The van der Waals surface area contributed by atoms with Crippen molar-refractivity contribution >= 4 is 35.1 Å². The van der Waals surface area contributed by atoms with Crippen molar-refractivity contribution in [3.05, 3.63) is 124 Å². The molecule has 2 atom stereocenters. The summed E-state index contributed by atoms with van der Waals surface area (Å²) in [7, 11) is 0. The van der Waals surface area contributed by atoms with Gasteiger partial charge in [0.2, 0.25) is 0 Å². The average Bonchev–Trinajstić information content (AvgIpc) is 2.93. The topological polar surface area (TPSA) is 92.0 Å². The molecule has 0 unspecified atom stereocenters. The molecule has 0 fully saturated rings. The lowest BCUT2D eigenvalue weighted by molar-refractivity contribution is -0.184. The minimum absolute atomic E-state index is 0.196. The van der Waals surface area contributed by atoms with E-state index in [9.17, 15) is 14.4 Å². The maximum atomic E-state index is 13.1. The van der Waals surface area contributed by atoms with Crippen LogP contribution in [0.4, 0.5) is 0 Å². The molecule has 7 nitrogen and oxygen atoms in total. The monoisotopic (exact) mass is 522 g/mol. The van der Waals surface area contributed by atoms with E-state index in [0.717, 1.165) is 11.1 Å². The number of ether oxygens (including phenoxy) is 3. The molecule has 0 amide bonds. The Morgan fingerprint density at radius 3 is 1.95 bits per heavy atom. The molecule has 39 heavy (non-hydrogen) atoms. The molecule has 0 aliphatic carbocycles. The van der Waals surface area contributed by atoms with Gasteiger partial charge >= 0.3 is 17.6 Å². The third kappa shape index (κ3) is 5.83. The number of hydrogen-bond donors (Lipinski definition) is 0. The molecule has 196 valence electrons. The Morgan fingerprint density at radius 1 is 0.769 bits per heavy atom. The Labute approximate surface area is 224 Å². The number of carbonyl (C=O) groups is 2. The van der Waals surface area contributed by atoms with Crippen LogP contribution in [0.15, 0.2) is 106 Å². The van der Waals surface area contributed by atoms with E-state index in [1.807, 2.05) is 60.7 Å². The van der Waals surface area contributed by atoms with Crippen LogP contribution < -0.4 is 10.4 Å². The van der Waals surface area contributed by atoms with E-state index in [4.69, 9.17) is 18.6 Å². The van der Waals surface area contributed by atoms with Gasteiger partial charge in [-0.05, 0) is 55.3 Å². The van der Waals surface area contributed by atoms with E-state index >= 15 is 0 Å². The maximum Gasteiger partial charge on any atom is 0.336 e. The van der Waals surface area contributed by atoms with E-state index in [-0.39, 0.29) is 5.58 Å². The maximum absolute atomic E-state index is 13.1. The number of benzene rings is 3. The van der Waals surface area contributed by atoms with Gasteiger partial charge in [-0.3, -0.25) is 0 Å². The molecular weight excluding hydrogens is 496 g/mol. The number of rotatable bonds is 6. The van der Waals surface area contributed by atoms with Crippen LogP contribution in [0.5, 0.6) is 5.75 Å². The Bertz CT molecular complexity index is 1620. The van der Waals surface area contributed by atoms with Crippen LogP contribution in [0, 0.1) is 0 Å². The zero-order chi connectivity index (χ0) is 27.4. The number of hydrogen-bond acceptors (Lipinski definition) is 7. The van der Waals surface area contributed by atoms with Crippen LogP contribution >= 0.6 is 0 Å². The highest BCUT2D eigenvalue weighted by molar-refractivity contribution is 5.89. The second kappa shape index (κ2) is 10.8. The van der Waals surface area contributed by atoms with E-state index in [2.05, 4.69) is 0 Å². The first-order chi connectivity index (χ1) is 18.8. The summed E-state index contributed by atoms with van der Waals surface area (Å²) in [6.45, 7) is 3.47. The van der Waals surface area contributed by atoms with Gasteiger partial charge in [-0.2, -0.15) is 0 Å². The van der Waals surface area contributed by atoms with Gasteiger partial charge in [-0.1, -0.05) is 60.7 Å². The van der Waals surface area contributed by atoms with Crippen molar-refractivity contribution in [3.8, 4) is 5.75 Å². The van der Waals surface area contributed by atoms with Crippen molar-refractivity contribution in [2.75, 3.05) is 0 Å². The summed E-state index contributed by atoms with van der Waals surface area (Å²) >= 11 is 0. The molecule has 3 aromatic carbocycles. The van der Waals surface area contributed by atoms with E-state index in [0.29, 0.717) is 16.7 Å². The standard InChI is InChI=1S/C32H26O7/c1-32(2)31(38-27(35)19-14-22-11-7-4-8-12-22)30(37-25(33)18-13-21-9-5-3-6-10-21)28-24(39-32)17-15-23-16-20-26(34)36-29(23)28/h3-20,30-31H,1-2H3/b18-13+,19-14+/t30-,31-/m1/s1. The summed E-state index contributed by atoms with van der Waals surface area (Å²) < 4.78 is 23.5. The van der Waals surface area contributed by atoms with Crippen LogP contribution in [0.3, 0.4) is 0 Å². The van der Waals surface area contributed by atoms with Crippen molar-refractivity contribution in [1.29, 1.82) is 0 Å². The molecule has 0 saturated heterocycles. The van der Waals surface area contributed by atoms with E-state index in [1.54, 1.807) is 44.2 Å². The smallest absolute Gasteiger partial charge is 0.336 e. The van der Waals surface area contributed by atoms with Gasteiger partial charge in [0.25, 0.3) is 0 Å². The van der Waals surface area contributed by atoms with Crippen molar-refractivity contribution in [3.63, 3.8) is 0 Å². The fraction of sp³-hybridized carbons (Fsp3) is 0.156. The van der Waals surface area contributed by atoms with Crippen LogP contribution in [-0.2, 0) is 19.1 Å². The molecule has 0 N–H and O–H groups in total. The summed E-state index contributed by atoms with van der Waals surface area (Å²) in [5.41, 5.74) is 0.472. The SMILES string of the molecule is CC1(C)Oc2ccc3ccc(=O)oc3c2[C@@H](OC(=O)/C=C/c2ccccc2)[C@H]1OC(=O)/C=C/c1ccccc1. The third-order valence-electron chi connectivity index (χ3n) is 6.31. The normalized spacial score (nSPS) is 18.0. The van der Waals surface area contributed by atoms with Crippen LogP contribution in [-0.4, -0.2) is 23.6 Å². The molecule has 1 aliphatic heterocycles. The molecule has 1 aromatic heterocycles. The molecular formula is C32H26O7. The molecule has 1 aliphatic rings. The Morgan fingerprint density at radius 2 is 1.33 bits per heavy atom. The van der Waals surface area contributed by atoms with Gasteiger partial charge in [0.05, 0.1) is 5.56 Å². The van der Waals surface area contributed by atoms with Crippen molar-refractivity contribution in [1.82, 2.24) is 0 Å². The number of carbonyl (C=O) groups excluding carboxylic acids is 2. The molecule has 0 saturated carbocycles. The lowest BCUT2D eigenvalue weighted by atomic mass is 9.87. The molecule has 0 radical (unpaired) electrons. The summed E-state index contributed by atoms with van der Waals surface area (Å²) in [6.07, 6.45) is 3.67. The molecule has 5 rings (SSSR count). The van der Waals surface area contributed by atoms with Crippen LogP contribution in [0.25, 0.3) is 23.1 Å². The average molecular weight is 523 g/mol.